The smallest absolute Gasteiger partial charge is 0.338 e. The summed E-state index contributed by atoms with van der Waals surface area (Å²) in [7, 11) is 2.07. The predicted octanol–water partition coefficient (Wildman–Crippen LogP) is 3.63. The van der Waals surface area contributed by atoms with Gasteiger partial charge in [0.2, 0.25) is 0 Å². The Labute approximate surface area is 157 Å². The van der Waals surface area contributed by atoms with E-state index in [9.17, 15) is 4.79 Å². The summed E-state index contributed by atoms with van der Waals surface area (Å²) in [5, 5.41) is 3.18. The maximum atomic E-state index is 12.0. The number of nitrogens with zero attached hydrogens (tertiary/aromatic N) is 4. The minimum Gasteiger partial charge on any atom is -0.462 e. The standard InChI is InChI=1S/C19H24N4O2S/c1-5-23-17-8-7-14(19(24)25-6-2)9-16(17)21-18(23)11-22(4)10-15-12-26-13(3)20-15/h7-9,12H,5-6,10-11H2,1-4H3. The first-order chi connectivity index (χ1) is 12.5. The predicted molar refractivity (Wildman–Crippen MR) is 103 cm³/mol. The second kappa shape index (κ2) is 7.97. The van der Waals surface area contributed by atoms with E-state index < -0.39 is 0 Å². The molecule has 0 amide bonds. The summed E-state index contributed by atoms with van der Waals surface area (Å²) in [5.41, 5.74) is 3.48. The van der Waals surface area contributed by atoms with Crippen molar-refractivity contribution in [2.75, 3.05) is 13.7 Å². The summed E-state index contributed by atoms with van der Waals surface area (Å²) < 4.78 is 7.27. The molecular weight excluding hydrogens is 348 g/mol. The van der Waals surface area contributed by atoms with Crippen LogP contribution in [0, 0.1) is 6.92 Å². The van der Waals surface area contributed by atoms with E-state index in [1.807, 2.05) is 19.1 Å². The van der Waals surface area contributed by atoms with Gasteiger partial charge in [0.25, 0.3) is 0 Å². The van der Waals surface area contributed by atoms with E-state index in [4.69, 9.17) is 9.72 Å². The molecule has 0 aliphatic rings. The molecule has 6 nitrogen and oxygen atoms in total. The number of thiazole rings is 1. The Hall–Kier alpha value is -2.25. The highest BCUT2D eigenvalue weighted by molar-refractivity contribution is 7.09. The van der Waals surface area contributed by atoms with Crippen LogP contribution < -0.4 is 0 Å². The van der Waals surface area contributed by atoms with Crippen LogP contribution in [-0.2, 0) is 24.4 Å². The Morgan fingerprint density at radius 2 is 2.08 bits per heavy atom. The molecule has 26 heavy (non-hydrogen) atoms. The fourth-order valence-corrected chi connectivity index (χ4v) is 3.65. The number of hydrogen-bond acceptors (Lipinski definition) is 6. The normalized spacial score (nSPS) is 11.4. The Kier molecular flexibility index (Phi) is 5.68. The van der Waals surface area contributed by atoms with E-state index >= 15 is 0 Å². The first kappa shape index (κ1) is 18.5. The molecule has 0 saturated carbocycles. The van der Waals surface area contributed by atoms with Gasteiger partial charge in [-0.1, -0.05) is 0 Å². The van der Waals surface area contributed by atoms with Gasteiger partial charge in [-0.05, 0) is 46.0 Å². The fraction of sp³-hybridized carbons (Fsp3) is 0.421. The number of ether oxygens (including phenoxy) is 1. The van der Waals surface area contributed by atoms with Crippen molar-refractivity contribution in [1.82, 2.24) is 19.4 Å². The summed E-state index contributed by atoms with van der Waals surface area (Å²) in [4.78, 5) is 23.5. The highest BCUT2D eigenvalue weighted by Crippen LogP contribution is 2.20. The maximum absolute atomic E-state index is 12.0. The van der Waals surface area contributed by atoms with E-state index in [-0.39, 0.29) is 5.97 Å². The molecule has 0 spiro atoms. The van der Waals surface area contributed by atoms with Crippen LogP contribution in [0.5, 0.6) is 0 Å². The Morgan fingerprint density at radius 3 is 2.73 bits per heavy atom. The highest BCUT2D eigenvalue weighted by atomic mass is 32.1. The van der Waals surface area contributed by atoms with Crippen LogP contribution in [0.25, 0.3) is 11.0 Å². The van der Waals surface area contributed by atoms with Crippen molar-refractivity contribution in [1.29, 1.82) is 0 Å². The molecule has 0 aliphatic carbocycles. The first-order valence-corrected chi connectivity index (χ1v) is 9.65. The molecule has 0 radical (unpaired) electrons. The molecule has 7 heteroatoms. The van der Waals surface area contributed by atoms with Crippen molar-refractivity contribution in [2.45, 2.75) is 40.4 Å². The van der Waals surface area contributed by atoms with E-state index in [1.54, 1.807) is 24.3 Å². The third kappa shape index (κ3) is 3.94. The highest BCUT2D eigenvalue weighted by Gasteiger charge is 2.15. The molecule has 0 unspecified atom stereocenters. The minimum atomic E-state index is -0.307. The lowest BCUT2D eigenvalue weighted by atomic mass is 10.2. The molecule has 0 bridgehead atoms. The van der Waals surface area contributed by atoms with Crippen LogP contribution >= 0.6 is 11.3 Å². The van der Waals surface area contributed by atoms with Gasteiger partial charge in [-0.15, -0.1) is 11.3 Å². The van der Waals surface area contributed by atoms with Crippen molar-refractivity contribution >= 4 is 28.3 Å². The largest absolute Gasteiger partial charge is 0.462 e. The second-order valence-electron chi connectivity index (χ2n) is 6.23. The molecular formula is C19H24N4O2S. The van der Waals surface area contributed by atoms with Crippen molar-refractivity contribution in [3.8, 4) is 0 Å². The maximum Gasteiger partial charge on any atom is 0.338 e. The number of esters is 1. The molecule has 0 aliphatic heterocycles. The van der Waals surface area contributed by atoms with Gasteiger partial charge in [-0.3, -0.25) is 4.90 Å². The van der Waals surface area contributed by atoms with E-state index in [1.165, 1.54) is 0 Å². The van der Waals surface area contributed by atoms with Crippen molar-refractivity contribution < 1.29 is 9.53 Å². The van der Waals surface area contributed by atoms with Crippen LogP contribution in [0.2, 0.25) is 0 Å². The van der Waals surface area contributed by atoms with Gasteiger partial charge in [0.1, 0.15) is 5.82 Å². The minimum absolute atomic E-state index is 0.307. The molecule has 3 aromatic rings. The molecule has 1 aromatic carbocycles. The van der Waals surface area contributed by atoms with Gasteiger partial charge in [-0.2, -0.15) is 0 Å². The number of aromatic nitrogens is 3. The molecule has 2 heterocycles. The van der Waals surface area contributed by atoms with Gasteiger partial charge in [-0.25, -0.2) is 14.8 Å². The summed E-state index contributed by atoms with van der Waals surface area (Å²) in [5.74, 6) is 0.677. The zero-order valence-corrected chi connectivity index (χ0v) is 16.5. The van der Waals surface area contributed by atoms with Crippen LogP contribution in [0.15, 0.2) is 23.6 Å². The lowest BCUT2D eigenvalue weighted by Crippen LogP contribution is -2.20. The zero-order valence-electron chi connectivity index (χ0n) is 15.7. The quantitative estimate of drug-likeness (QED) is 0.593. The molecule has 2 aromatic heterocycles. The number of fused-ring (bicyclic) bond motifs is 1. The SMILES string of the molecule is CCOC(=O)c1ccc2c(c1)nc(CN(C)Cc1csc(C)n1)n2CC. The summed E-state index contributed by atoms with van der Waals surface area (Å²) in [6.45, 7) is 8.62. The van der Waals surface area contributed by atoms with Crippen LogP contribution in [0.4, 0.5) is 0 Å². The van der Waals surface area contributed by atoms with E-state index in [0.717, 1.165) is 40.6 Å². The van der Waals surface area contributed by atoms with Gasteiger partial charge < -0.3 is 9.30 Å². The third-order valence-corrected chi connectivity index (χ3v) is 4.99. The first-order valence-electron chi connectivity index (χ1n) is 8.77. The number of imidazole rings is 1. The van der Waals surface area contributed by atoms with Gasteiger partial charge in [0, 0.05) is 18.5 Å². The molecule has 0 fully saturated rings. The Morgan fingerprint density at radius 1 is 1.27 bits per heavy atom. The average molecular weight is 372 g/mol. The van der Waals surface area contributed by atoms with E-state index in [2.05, 4.69) is 33.8 Å². The van der Waals surface area contributed by atoms with Gasteiger partial charge >= 0.3 is 5.97 Å². The van der Waals surface area contributed by atoms with E-state index in [0.29, 0.717) is 18.7 Å². The molecule has 0 N–H and O–H groups in total. The van der Waals surface area contributed by atoms with Crippen molar-refractivity contribution in [3.63, 3.8) is 0 Å². The fourth-order valence-electron chi connectivity index (χ4n) is 3.05. The van der Waals surface area contributed by atoms with Crippen LogP contribution in [-0.4, -0.2) is 39.1 Å². The molecule has 0 saturated heterocycles. The number of benzene rings is 1. The Bertz CT molecular complexity index is 916. The number of hydrogen-bond donors (Lipinski definition) is 0. The van der Waals surface area contributed by atoms with Gasteiger partial charge in [0.05, 0.1) is 40.5 Å². The van der Waals surface area contributed by atoms with Gasteiger partial charge in [0.15, 0.2) is 0 Å². The van der Waals surface area contributed by atoms with Crippen LogP contribution in [0.3, 0.4) is 0 Å². The Balaban J connectivity index is 1.84. The van der Waals surface area contributed by atoms with Crippen molar-refractivity contribution in [2.24, 2.45) is 0 Å². The monoisotopic (exact) mass is 372 g/mol. The molecule has 138 valence electrons. The molecule has 3 rings (SSSR count). The number of carbonyl (C=O) groups is 1. The number of rotatable bonds is 7. The van der Waals surface area contributed by atoms with Crippen molar-refractivity contribution in [3.05, 3.63) is 45.7 Å². The average Bonchev–Trinajstić information content (AvgIpc) is 3.16. The number of aryl methyl sites for hydroxylation is 2. The van der Waals surface area contributed by atoms with Crippen LogP contribution in [0.1, 0.15) is 40.7 Å². The number of carbonyl (C=O) groups excluding carboxylic acids is 1. The second-order valence-corrected chi connectivity index (χ2v) is 7.29. The molecule has 0 atom stereocenters. The zero-order chi connectivity index (χ0) is 18.7. The lowest BCUT2D eigenvalue weighted by molar-refractivity contribution is 0.0526. The summed E-state index contributed by atoms with van der Waals surface area (Å²) in [6, 6.07) is 5.57. The topological polar surface area (TPSA) is 60.2 Å². The lowest BCUT2D eigenvalue weighted by Gasteiger charge is -2.15. The third-order valence-electron chi connectivity index (χ3n) is 4.16. The summed E-state index contributed by atoms with van der Waals surface area (Å²) >= 11 is 1.67. The summed E-state index contributed by atoms with van der Waals surface area (Å²) in [6.07, 6.45) is 0.